The van der Waals surface area contributed by atoms with Gasteiger partial charge in [0.25, 0.3) is 10.0 Å². The maximum Gasteiger partial charge on any atom is 0.261 e. The molecule has 0 aromatic heterocycles. The molecular weight excluding hydrogens is 377 g/mol. The zero-order valence-electron chi connectivity index (χ0n) is 10.6. The molecule has 0 saturated carbocycles. The van der Waals surface area contributed by atoms with Gasteiger partial charge in [0.1, 0.15) is 5.75 Å². The Morgan fingerprint density at radius 2 is 1.89 bits per heavy atom. The molecular formula is C13H14INO3S. The number of hydrogen-bond acceptors (Lipinski definition) is 3. The first kappa shape index (κ1) is 14.4. The van der Waals surface area contributed by atoms with Crippen LogP contribution in [0.2, 0.25) is 0 Å². The van der Waals surface area contributed by atoms with Gasteiger partial charge in [-0.05, 0) is 42.8 Å². The summed E-state index contributed by atoms with van der Waals surface area (Å²) in [5.41, 5.74) is 2.11. The van der Waals surface area contributed by atoms with Crippen LogP contribution < -0.4 is 9.04 Å². The van der Waals surface area contributed by atoms with Gasteiger partial charge in [0.2, 0.25) is 0 Å². The van der Waals surface area contributed by atoms with Gasteiger partial charge in [0.05, 0.1) is 18.2 Å². The first-order valence-corrected chi connectivity index (χ1v) is 8.65. The molecule has 2 rings (SSSR count). The van der Waals surface area contributed by atoms with Gasteiger partial charge in [-0.25, -0.2) is 12.7 Å². The van der Waals surface area contributed by atoms with E-state index in [-0.39, 0.29) is 0 Å². The average Bonchev–Trinajstić information content (AvgIpc) is 2.37. The molecule has 0 spiro atoms. The standard InChI is InChI=1S/C13H14INO3S/c1-10-7-11(8-14)9-19(16,17)15(10)12-3-5-13(18-2)6-4-12/h3-7,9H,8H2,1-2H3. The van der Waals surface area contributed by atoms with Crippen LogP contribution >= 0.6 is 22.6 Å². The lowest BCUT2D eigenvalue weighted by Gasteiger charge is -2.27. The molecule has 1 aromatic carbocycles. The number of hydrogen-bond donors (Lipinski definition) is 0. The number of ether oxygens (including phenoxy) is 1. The fourth-order valence-corrected chi connectivity index (χ4v) is 4.19. The molecule has 19 heavy (non-hydrogen) atoms. The van der Waals surface area contributed by atoms with Crippen LogP contribution in [-0.2, 0) is 10.0 Å². The van der Waals surface area contributed by atoms with E-state index in [1.165, 1.54) is 9.71 Å². The number of sulfonamides is 1. The summed E-state index contributed by atoms with van der Waals surface area (Å²) < 4.78 is 31.7. The summed E-state index contributed by atoms with van der Waals surface area (Å²) in [4.78, 5) is 0. The molecule has 0 saturated heterocycles. The normalized spacial score (nSPS) is 17.7. The third-order valence-electron chi connectivity index (χ3n) is 2.73. The van der Waals surface area contributed by atoms with Crippen molar-refractivity contribution in [3.63, 3.8) is 0 Å². The minimum atomic E-state index is -3.45. The van der Waals surface area contributed by atoms with Gasteiger partial charge in [0.15, 0.2) is 0 Å². The Morgan fingerprint density at radius 1 is 1.26 bits per heavy atom. The van der Waals surface area contributed by atoms with E-state index >= 15 is 0 Å². The maximum absolute atomic E-state index is 12.3. The third kappa shape index (κ3) is 2.94. The van der Waals surface area contributed by atoms with Crippen molar-refractivity contribution in [2.24, 2.45) is 0 Å². The molecule has 102 valence electrons. The lowest BCUT2D eigenvalue weighted by Crippen LogP contribution is -2.30. The third-order valence-corrected chi connectivity index (χ3v) is 5.22. The zero-order chi connectivity index (χ0) is 14.0. The van der Waals surface area contributed by atoms with Gasteiger partial charge in [0, 0.05) is 10.1 Å². The van der Waals surface area contributed by atoms with Crippen LogP contribution in [0.5, 0.6) is 5.75 Å². The quantitative estimate of drug-likeness (QED) is 0.588. The molecule has 0 atom stereocenters. The van der Waals surface area contributed by atoms with Crippen LogP contribution in [0.4, 0.5) is 5.69 Å². The van der Waals surface area contributed by atoms with Crippen molar-refractivity contribution in [2.45, 2.75) is 6.92 Å². The molecule has 0 aliphatic carbocycles. The Bertz CT molecular complexity index is 632. The van der Waals surface area contributed by atoms with E-state index in [1.807, 2.05) is 6.08 Å². The van der Waals surface area contributed by atoms with Crippen LogP contribution in [0.1, 0.15) is 6.92 Å². The van der Waals surface area contributed by atoms with Gasteiger partial charge in [-0.1, -0.05) is 22.6 Å². The van der Waals surface area contributed by atoms with E-state index in [2.05, 4.69) is 22.6 Å². The van der Waals surface area contributed by atoms with Crippen molar-refractivity contribution in [3.05, 3.63) is 47.0 Å². The average molecular weight is 391 g/mol. The summed E-state index contributed by atoms with van der Waals surface area (Å²) in [6, 6.07) is 6.96. The largest absolute Gasteiger partial charge is 0.497 e. The van der Waals surface area contributed by atoms with Crippen LogP contribution in [-0.4, -0.2) is 20.0 Å². The van der Waals surface area contributed by atoms with Crippen LogP contribution in [0, 0.1) is 0 Å². The molecule has 0 N–H and O–H groups in total. The topological polar surface area (TPSA) is 46.6 Å². The SMILES string of the molecule is COc1ccc(N2C(C)=CC(CI)=CS2(=O)=O)cc1. The van der Waals surface area contributed by atoms with Gasteiger partial charge >= 0.3 is 0 Å². The molecule has 1 aliphatic rings. The number of alkyl halides is 1. The summed E-state index contributed by atoms with van der Waals surface area (Å²) in [6.07, 6.45) is 1.89. The van der Waals surface area contributed by atoms with Crippen LogP contribution in [0.15, 0.2) is 47.0 Å². The monoisotopic (exact) mass is 391 g/mol. The van der Waals surface area contributed by atoms with Crippen molar-refractivity contribution >= 4 is 38.3 Å². The summed E-state index contributed by atoms with van der Waals surface area (Å²) in [5, 5.41) is 1.32. The molecule has 0 unspecified atom stereocenters. The second-order valence-electron chi connectivity index (χ2n) is 4.12. The van der Waals surface area contributed by atoms with Gasteiger partial charge in [-0.3, -0.25) is 0 Å². The maximum atomic E-state index is 12.3. The van der Waals surface area contributed by atoms with E-state index in [9.17, 15) is 8.42 Å². The minimum absolute atomic E-state index is 0.610. The van der Waals surface area contributed by atoms with E-state index in [1.54, 1.807) is 38.3 Å². The number of anilines is 1. The Labute approximate surface area is 126 Å². The molecule has 0 fully saturated rings. The summed E-state index contributed by atoms with van der Waals surface area (Å²) in [5.74, 6) is 0.697. The Hall–Kier alpha value is -1.02. The Morgan fingerprint density at radius 3 is 2.37 bits per heavy atom. The first-order chi connectivity index (χ1) is 8.97. The minimum Gasteiger partial charge on any atom is -0.497 e. The first-order valence-electron chi connectivity index (χ1n) is 5.62. The lowest BCUT2D eigenvalue weighted by atomic mass is 10.2. The smallest absolute Gasteiger partial charge is 0.261 e. The molecule has 0 amide bonds. The molecule has 1 aliphatic heterocycles. The van der Waals surface area contributed by atoms with E-state index < -0.39 is 10.0 Å². The predicted molar refractivity (Wildman–Crippen MR) is 85.1 cm³/mol. The lowest BCUT2D eigenvalue weighted by molar-refractivity contribution is 0.415. The summed E-state index contributed by atoms with van der Waals surface area (Å²) >= 11 is 2.15. The molecule has 4 nitrogen and oxygen atoms in total. The highest BCUT2D eigenvalue weighted by Gasteiger charge is 2.26. The van der Waals surface area contributed by atoms with Gasteiger partial charge < -0.3 is 4.74 Å². The van der Waals surface area contributed by atoms with E-state index in [0.29, 0.717) is 21.6 Å². The fourth-order valence-electron chi connectivity index (χ4n) is 1.94. The molecule has 0 radical (unpaired) electrons. The van der Waals surface area contributed by atoms with Crippen molar-refractivity contribution in [3.8, 4) is 5.75 Å². The van der Waals surface area contributed by atoms with Crippen molar-refractivity contribution in [1.82, 2.24) is 0 Å². The van der Waals surface area contributed by atoms with Crippen molar-refractivity contribution in [1.29, 1.82) is 0 Å². The highest BCUT2D eigenvalue weighted by atomic mass is 127. The van der Waals surface area contributed by atoms with E-state index in [4.69, 9.17) is 4.74 Å². The number of halogens is 1. The second kappa shape index (κ2) is 5.54. The number of rotatable bonds is 3. The predicted octanol–water partition coefficient (Wildman–Crippen LogP) is 3.07. The van der Waals surface area contributed by atoms with E-state index in [0.717, 1.165) is 5.57 Å². The number of allylic oxidation sites excluding steroid dienone is 3. The molecule has 1 heterocycles. The second-order valence-corrected chi connectivity index (χ2v) is 6.51. The van der Waals surface area contributed by atoms with Crippen molar-refractivity contribution in [2.75, 3.05) is 15.8 Å². The number of benzene rings is 1. The van der Waals surface area contributed by atoms with Crippen LogP contribution in [0.3, 0.4) is 0 Å². The molecule has 0 bridgehead atoms. The fraction of sp³-hybridized carbons (Fsp3) is 0.231. The highest BCUT2D eigenvalue weighted by molar-refractivity contribution is 14.1. The van der Waals surface area contributed by atoms with Crippen molar-refractivity contribution < 1.29 is 13.2 Å². The Kier molecular flexibility index (Phi) is 4.19. The Balaban J connectivity index is 2.45. The zero-order valence-corrected chi connectivity index (χ0v) is 13.6. The molecule has 6 heteroatoms. The number of nitrogens with zero attached hydrogens (tertiary/aromatic N) is 1. The van der Waals surface area contributed by atoms with Crippen LogP contribution in [0.25, 0.3) is 0 Å². The van der Waals surface area contributed by atoms with Gasteiger partial charge in [-0.15, -0.1) is 0 Å². The summed E-state index contributed by atoms with van der Waals surface area (Å²) in [6.45, 7) is 1.79. The molecule has 1 aromatic rings. The number of methoxy groups -OCH3 is 1. The summed E-state index contributed by atoms with van der Waals surface area (Å²) in [7, 11) is -1.87. The van der Waals surface area contributed by atoms with Gasteiger partial charge in [-0.2, -0.15) is 0 Å². The highest BCUT2D eigenvalue weighted by Crippen LogP contribution is 2.30.